The van der Waals surface area contributed by atoms with Gasteiger partial charge in [0.1, 0.15) is 25.1 Å². The number of ether oxygens (including phenoxy) is 4. The summed E-state index contributed by atoms with van der Waals surface area (Å²) in [5.41, 5.74) is 1.97. The zero-order valence-electron chi connectivity index (χ0n) is 23.4. The Morgan fingerprint density at radius 3 is 1.92 bits per heavy atom. The summed E-state index contributed by atoms with van der Waals surface area (Å²) in [5.74, 6) is -0.233. The summed E-state index contributed by atoms with van der Waals surface area (Å²) in [7, 11) is -0.592. The second kappa shape index (κ2) is 15.3. The number of Topliss-reactive ketones (excluding diaryl/α,β-unsaturated/α-hetero) is 1. The molecular weight excluding hydrogens is 484 g/mol. The smallest absolute Gasteiger partial charge is 0.196 e. The van der Waals surface area contributed by atoms with E-state index in [4.69, 9.17) is 23.4 Å². The van der Waals surface area contributed by atoms with Crippen LogP contribution in [0.15, 0.2) is 72.8 Å². The quantitative estimate of drug-likeness (QED) is 0.144. The minimum absolute atomic E-state index is 0.0104. The van der Waals surface area contributed by atoms with Gasteiger partial charge in [0.05, 0.1) is 19.8 Å². The number of allylic oxidation sites excluding steroid dienone is 1. The molecule has 0 heterocycles. The van der Waals surface area contributed by atoms with Crippen LogP contribution < -0.4 is 0 Å². The molecule has 0 N–H and O–H groups in total. The van der Waals surface area contributed by atoms with E-state index in [-0.39, 0.29) is 30.8 Å². The molecule has 0 aliphatic carbocycles. The first kappa shape index (κ1) is 31.1. The normalized spacial score (nSPS) is 15.0. The lowest BCUT2D eigenvalue weighted by molar-refractivity contribution is -0.162. The molecule has 6 nitrogen and oxygen atoms in total. The maximum Gasteiger partial charge on any atom is 0.196 e. The molecule has 0 spiro atoms. The Balaban J connectivity index is 2.37. The van der Waals surface area contributed by atoms with Crippen molar-refractivity contribution in [3.05, 3.63) is 83.9 Å². The minimum atomic E-state index is -2.12. The lowest BCUT2D eigenvalue weighted by Crippen LogP contribution is -2.49. The molecule has 0 saturated carbocycles. The molecule has 2 aromatic rings. The topological polar surface area (TPSA) is 63.2 Å². The second-order valence-electron chi connectivity index (χ2n) is 10.5. The van der Waals surface area contributed by atoms with Gasteiger partial charge in [-0.25, -0.2) is 0 Å². The highest BCUT2D eigenvalue weighted by molar-refractivity contribution is 6.74. The van der Waals surface area contributed by atoms with Gasteiger partial charge >= 0.3 is 0 Å². The van der Waals surface area contributed by atoms with Gasteiger partial charge in [-0.15, -0.1) is 0 Å². The summed E-state index contributed by atoms with van der Waals surface area (Å²) >= 11 is 0. The highest BCUT2D eigenvalue weighted by Crippen LogP contribution is 2.37. The maximum absolute atomic E-state index is 13.9. The first-order valence-corrected chi connectivity index (χ1v) is 15.7. The Bertz CT molecular complexity index is 940. The van der Waals surface area contributed by atoms with E-state index in [1.54, 1.807) is 12.2 Å². The molecule has 0 saturated heterocycles. The van der Waals surface area contributed by atoms with Gasteiger partial charge in [0.15, 0.2) is 14.1 Å². The fourth-order valence-corrected chi connectivity index (χ4v) is 4.36. The number of hydrogen-bond acceptors (Lipinski definition) is 6. The van der Waals surface area contributed by atoms with E-state index in [0.29, 0.717) is 6.61 Å². The first-order chi connectivity index (χ1) is 17.6. The summed E-state index contributed by atoms with van der Waals surface area (Å²) in [6, 6.07) is 19.7. The van der Waals surface area contributed by atoms with Crippen LogP contribution in [0.4, 0.5) is 0 Å². The highest BCUT2D eigenvalue weighted by Gasteiger charge is 2.40. The van der Waals surface area contributed by atoms with Crippen LogP contribution in [-0.2, 0) is 41.4 Å². The number of rotatable bonds is 16. The minimum Gasteiger partial charge on any atom is -0.414 e. The lowest BCUT2D eigenvalue weighted by Gasteiger charge is -2.38. The molecule has 7 heteroatoms. The molecule has 0 unspecified atom stereocenters. The first-order valence-electron chi connectivity index (χ1n) is 12.8. The largest absolute Gasteiger partial charge is 0.414 e. The Kier molecular flexibility index (Phi) is 12.9. The molecule has 0 amide bonds. The lowest BCUT2D eigenvalue weighted by atomic mass is 10.0. The van der Waals surface area contributed by atoms with E-state index in [1.165, 1.54) is 7.11 Å². The van der Waals surface area contributed by atoms with Crippen molar-refractivity contribution >= 4 is 14.1 Å². The molecule has 0 radical (unpaired) electrons. The molecule has 0 aliphatic rings. The summed E-state index contributed by atoms with van der Waals surface area (Å²) in [5, 5.41) is 0.0104. The van der Waals surface area contributed by atoms with E-state index >= 15 is 0 Å². The van der Waals surface area contributed by atoms with Crippen LogP contribution in [0.25, 0.3) is 0 Å². The van der Waals surface area contributed by atoms with Crippen molar-refractivity contribution in [2.45, 2.75) is 77.4 Å². The van der Waals surface area contributed by atoms with E-state index in [0.717, 1.165) is 11.1 Å². The number of hydrogen-bond donors (Lipinski definition) is 0. The average molecular weight is 529 g/mol. The van der Waals surface area contributed by atoms with Gasteiger partial charge in [-0.1, -0.05) is 93.6 Å². The molecule has 3 atom stereocenters. The van der Waals surface area contributed by atoms with E-state index in [9.17, 15) is 4.79 Å². The Hall–Kier alpha value is -2.13. The molecule has 204 valence electrons. The third kappa shape index (κ3) is 10.3. The van der Waals surface area contributed by atoms with Gasteiger partial charge in [0, 0.05) is 7.11 Å². The molecule has 2 aromatic carbocycles. The molecule has 0 aromatic heterocycles. The van der Waals surface area contributed by atoms with Crippen LogP contribution in [0.5, 0.6) is 0 Å². The summed E-state index contributed by atoms with van der Waals surface area (Å²) in [4.78, 5) is 13.9. The molecule has 0 aliphatic heterocycles. The van der Waals surface area contributed by atoms with Gasteiger partial charge in [-0.3, -0.25) is 4.79 Å². The van der Waals surface area contributed by atoms with E-state index in [1.807, 2.05) is 67.6 Å². The third-order valence-corrected chi connectivity index (χ3v) is 11.1. The monoisotopic (exact) mass is 528 g/mol. The summed E-state index contributed by atoms with van der Waals surface area (Å²) < 4.78 is 30.0. The number of carbonyl (C=O) groups is 1. The van der Waals surface area contributed by atoms with Crippen molar-refractivity contribution in [1.82, 2.24) is 0 Å². The number of carbonyl (C=O) groups excluding carboxylic acids is 1. The van der Waals surface area contributed by atoms with Crippen molar-refractivity contribution in [2.75, 3.05) is 20.5 Å². The van der Waals surface area contributed by atoms with Crippen molar-refractivity contribution in [3.8, 4) is 0 Å². The number of ketones is 1. The maximum atomic E-state index is 13.9. The van der Waals surface area contributed by atoms with Crippen molar-refractivity contribution < 1.29 is 28.2 Å². The van der Waals surface area contributed by atoms with Gasteiger partial charge in [-0.2, -0.15) is 0 Å². The van der Waals surface area contributed by atoms with Crippen molar-refractivity contribution in [2.24, 2.45) is 0 Å². The Morgan fingerprint density at radius 2 is 1.43 bits per heavy atom. The van der Waals surface area contributed by atoms with Crippen LogP contribution >= 0.6 is 0 Å². The van der Waals surface area contributed by atoms with Crippen molar-refractivity contribution in [3.63, 3.8) is 0 Å². The Labute approximate surface area is 224 Å². The van der Waals surface area contributed by atoms with E-state index in [2.05, 4.69) is 33.9 Å². The van der Waals surface area contributed by atoms with Gasteiger partial charge in [0.25, 0.3) is 0 Å². The molecule has 2 rings (SSSR count). The second-order valence-corrected chi connectivity index (χ2v) is 15.4. The third-order valence-electron chi connectivity index (χ3n) is 6.63. The molecule has 0 bridgehead atoms. The van der Waals surface area contributed by atoms with Crippen LogP contribution in [0.1, 0.15) is 38.8 Å². The fourth-order valence-electron chi connectivity index (χ4n) is 3.35. The standard InChI is InChI=1S/C30H44O6Si/c1-8-15-26(35-23-32-5)28(31)29(34-21-25-18-13-10-14-19-25)27(22-36-37(6,7)30(2,3)4)33-20-24-16-11-9-12-17-24/h8-19,26-27,29H,20-23H2,1-7H3/b15-8+/t26-,27+,29-/m1/s1. The van der Waals surface area contributed by atoms with E-state index < -0.39 is 26.6 Å². The zero-order valence-corrected chi connectivity index (χ0v) is 24.4. The van der Waals surface area contributed by atoms with Crippen LogP contribution in [0, 0.1) is 0 Å². The van der Waals surface area contributed by atoms with Crippen LogP contribution in [0.3, 0.4) is 0 Å². The molecular formula is C30H44O6Si. The Morgan fingerprint density at radius 1 is 0.892 bits per heavy atom. The number of methoxy groups -OCH3 is 1. The SMILES string of the molecule is C/C=C/[C@@H](OCOC)C(=O)[C@H](OCc1ccccc1)[C@H](CO[Si](C)(C)C(C)(C)C)OCc1ccccc1. The predicted octanol–water partition coefficient (Wildman–Crippen LogP) is 6.31. The van der Waals surface area contributed by atoms with Gasteiger partial charge in [0.2, 0.25) is 0 Å². The molecule has 37 heavy (non-hydrogen) atoms. The van der Waals surface area contributed by atoms with Gasteiger partial charge < -0.3 is 23.4 Å². The predicted molar refractivity (Wildman–Crippen MR) is 150 cm³/mol. The summed E-state index contributed by atoms with van der Waals surface area (Å²) in [6.45, 7) is 13.6. The van der Waals surface area contributed by atoms with Gasteiger partial charge in [-0.05, 0) is 36.2 Å². The average Bonchev–Trinajstić information content (AvgIpc) is 2.88. The van der Waals surface area contributed by atoms with Crippen LogP contribution in [0.2, 0.25) is 18.1 Å². The van der Waals surface area contributed by atoms with Crippen LogP contribution in [-0.4, -0.2) is 52.9 Å². The highest BCUT2D eigenvalue weighted by atomic mass is 28.4. The molecule has 0 fully saturated rings. The fraction of sp³-hybridized carbons (Fsp3) is 0.500. The summed E-state index contributed by atoms with van der Waals surface area (Å²) in [6.07, 6.45) is 1.12. The zero-order chi connectivity index (χ0) is 27.3. The number of benzene rings is 2. The van der Waals surface area contributed by atoms with Crippen molar-refractivity contribution in [1.29, 1.82) is 0 Å².